The highest BCUT2D eigenvalue weighted by Gasteiger charge is 2.33. The molecule has 3 heterocycles. The molecule has 13 heteroatoms. The van der Waals surface area contributed by atoms with E-state index in [1.54, 1.807) is 18.0 Å². The number of hydrogen-bond acceptors (Lipinski definition) is 10. The molecular weight excluding hydrogens is 490 g/mol. The van der Waals surface area contributed by atoms with Gasteiger partial charge in [-0.3, -0.25) is 14.9 Å². The number of thiophene rings is 1. The van der Waals surface area contributed by atoms with Crippen LogP contribution in [0.1, 0.15) is 51.8 Å². The Labute approximate surface area is 209 Å². The van der Waals surface area contributed by atoms with E-state index in [9.17, 15) is 19.7 Å². The first-order valence-corrected chi connectivity index (χ1v) is 12.1. The number of nitro groups is 1. The van der Waals surface area contributed by atoms with E-state index in [0.717, 1.165) is 17.7 Å². The molecule has 0 atom stereocenters. The van der Waals surface area contributed by atoms with Gasteiger partial charge in [-0.1, -0.05) is 5.21 Å². The summed E-state index contributed by atoms with van der Waals surface area (Å²) in [4.78, 5) is 38.8. The van der Waals surface area contributed by atoms with Crippen LogP contribution in [0.25, 0.3) is 10.6 Å². The van der Waals surface area contributed by atoms with Crippen molar-refractivity contribution < 1.29 is 28.7 Å². The molecule has 0 spiro atoms. The Morgan fingerprint density at radius 2 is 1.92 bits per heavy atom. The largest absolute Gasteiger partial charge is 0.465 e. The fourth-order valence-corrected chi connectivity index (χ4v) is 5.45. The molecule has 2 aliphatic rings. The molecule has 0 unspecified atom stereocenters. The van der Waals surface area contributed by atoms with Crippen LogP contribution >= 0.6 is 11.3 Å². The number of carbonyl (C=O) groups is 2. The van der Waals surface area contributed by atoms with Crippen LogP contribution in [0.3, 0.4) is 0 Å². The van der Waals surface area contributed by atoms with Crippen molar-refractivity contribution in [2.24, 2.45) is 0 Å². The summed E-state index contributed by atoms with van der Waals surface area (Å²) >= 11 is 1.30. The minimum atomic E-state index is -0.579. The Balaban J connectivity index is 1.24. The number of nitro benzene ring substituents is 1. The van der Waals surface area contributed by atoms with Gasteiger partial charge >= 0.3 is 5.97 Å². The van der Waals surface area contributed by atoms with Crippen molar-refractivity contribution in [2.45, 2.75) is 37.8 Å². The second-order valence-corrected chi connectivity index (χ2v) is 9.68. The Bertz CT molecular complexity index is 1330. The van der Waals surface area contributed by atoms with Gasteiger partial charge in [0.15, 0.2) is 11.5 Å². The van der Waals surface area contributed by atoms with E-state index in [2.05, 4.69) is 10.3 Å². The summed E-state index contributed by atoms with van der Waals surface area (Å²) in [5, 5.41) is 20.1. The molecule has 0 saturated heterocycles. The van der Waals surface area contributed by atoms with Gasteiger partial charge in [0.05, 0.1) is 35.2 Å². The smallest absolute Gasteiger partial charge is 0.348 e. The van der Waals surface area contributed by atoms with Gasteiger partial charge < -0.3 is 19.1 Å². The molecule has 1 fully saturated rings. The number of carbonyl (C=O) groups excluding carboxylic acids is 2. The van der Waals surface area contributed by atoms with Gasteiger partial charge in [-0.15, -0.1) is 16.4 Å². The van der Waals surface area contributed by atoms with Gasteiger partial charge in [-0.25, -0.2) is 9.48 Å². The number of esters is 1. The molecule has 0 N–H and O–H groups in total. The minimum absolute atomic E-state index is 0.0166. The van der Waals surface area contributed by atoms with Crippen molar-refractivity contribution in [3.05, 3.63) is 51.0 Å². The lowest BCUT2D eigenvalue weighted by atomic mass is 9.90. The third-order valence-corrected chi connectivity index (χ3v) is 7.67. The number of rotatable bonds is 6. The monoisotopic (exact) mass is 513 g/mol. The molecule has 12 nitrogen and oxygen atoms in total. The molecule has 5 rings (SSSR count). The van der Waals surface area contributed by atoms with Crippen molar-refractivity contribution in [1.29, 1.82) is 0 Å². The van der Waals surface area contributed by atoms with E-state index in [1.165, 1.54) is 30.6 Å². The second-order valence-electron chi connectivity index (χ2n) is 8.60. The number of nitrogens with zero attached hydrogens (tertiary/aromatic N) is 5. The van der Waals surface area contributed by atoms with E-state index in [4.69, 9.17) is 14.2 Å². The van der Waals surface area contributed by atoms with Crippen molar-refractivity contribution in [3.63, 3.8) is 0 Å². The fourth-order valence-electron chi connectivity index (χ4n) is 4.57. The van der Waals surface area contributed by atoms with Crippen LogP contribution in [-0.4, -0.2) is 63.7 Å². The summed E-state index contributed by atoms with van der Waals surface area (Å²) in [5.74, 6) is -0.225. The van der Waals surface area contributed by atoms with Crippen molar-refractivity contribution >= 4 is 28.9 Å². The Hall–Kier alpha value is -4.00. The lowest BCUT2D eigenvalue weighted by molar-refractivity contribution is -0.385. The van der Waals surface area contributed by atoms with Crippen molar-refractivity contribution in [1.82, 2.24) is 19.9 Å². The molecule has 188 valence electrons. The van der Waals surface area contributed by atoms with Crippen molar-refractivity contribution in [3.8, 4) is 22.1 Å². The molecule has 1 amide bonds. The SMILES string of the molecule is COC(=O)c1ccc(-c2cn(C3CCC(N(C)C(=O)c4cc5c(cc4[N+](=O)[O-])OCO5)CC3)nn2)s1. The number of fused-ring (bicyclic) bond motifs is 1. The van der Waals surface area contributed by atoms with E-state index >= 15 is 0 Å². The predicted octanol–water partition coefficient (Wildman–Crippen LogP) is 3.69. The average molecular weight is 514 g/mol. The van der Waals surface area contributed by atoms with Gasteiger partial charge in [0, 0.05) is 19.2 Å². The quantitative estimate of drug-likeness (QED) is 0.274. The number of amides is 1. The predicted molar refractivity (Wildman–Crippen MR) is 127 cm³/mol. The molecular formula is C23H23N5O7S. The highest BCUT2D eigenvalue weighted by Crippen LogP contribution is 2.39. The van der Waals surface area contributed by atoms with E-state index in [0.29, 0.717) is 29.2 Å². The molecule has 0 radical (unpaired) electrons. The summed E-state index contributed by atoms with van der Waals surface area (Å²) in [6.45, 7) is -0.0348. The zero-order valence-electron chi connectivity index (χ0n) is 19.6. The lowest BCUT2D eigenvalue weighted by Crippen LogP contribution is -2.40. The van der Waals surface area contributed by atoms with Gasteiger partial charge in [0.1, 0.15) is 16.1 Å². The fraction of sp³-hybridized carbons (Fsp3) is 0.391. The van der Waals surface area contributed by atoms with Gasteiger partial charge in [0.2, 0.25) is 6.79 Å². The van der Waals surface area contributed by atoms with Crippen LogP contribution in [-0.2, 0) is 4.74 Å². The zero-order chi connectivity index (χ0) is 25.4. The standard InChI is InChI=1S/C23H23N5O7S/c1-26(22(29)15-9-18-19(35-12-34-18)10-17(15)28(31)32)13-3-5-14(6-4-13)27-11-16(24-25-27)20-7-8-21(36-20)23(30)33-2/h7-11,13-14H,3-6,12H2,1-2H3. The molecule has 1 aromatic carbocycles. The van der Waals surface area contributed by atoms with Gasteiger partial charge in [-0.2, -0.15) is 0 Å². The van der Waals surface area contributed by atoms with E-state index in [-0.39, 0.29) is 41.8 Å². The second kappa shape index (κ2) is 9.57. The normalized spacial score (nSPS) is 18.6. The summed E-state index contributed by atoms with van der Waals surface area (Å²) in [5.41, 5.74) is 0.362. The lowest BCUT2D eigenvalue weighted by Gasteiger charge is -2.34. The van der Waals surface area contributed by atoms with Crippen LogP contribution < -0.4 is 9.47 Å². The van der Waals surface area contributed by atoms with Gasteiger partial charge in [0.25, 0.3) is 11.6 Å². The van der Waals surface area contributed by atoms with Crippen LogP contribution in [0.4, 0.5) is 5.69 Å². The maximum absolute atomic E-state index is 13.2. The molecule has 36 heavy (non-hydrogen) atoms. The average Bonchev–Trinajstić information content (AvgIpc) is 3.66. The van der Waals surface area contributed by atoms with E-state index < -0.39 is 10.8 Å². The molecule has 2 aromatic heterocycles. The third-order valence-electron chi connectivity index (χ3n) is 6.58. The first-order chi connectivity index (χ1) is 17.4. The highest BCUT2D eigenvalue weighted by atomic mass is 32.1. The Morgan fingerprint density at radius 1 is 1.19 bits per heavy atom. The van der Waals surface area contributed by atoms with Crippen LogP contribution in [0.2, 0.25) is 0 Å². The maximum atomic E-state index is 13.2. The molecule has 1 aliphatic heterocycles. The first-order valence-electron chi connectivity index (χ1n) is 11.3. The topological polar surface area (TPSA) is 139 Å². The van der Waals surface area contributed by atoms with Crippen LogP contribution in [0.5, 0.6) is 11.5 Å². The summed E-state index contributed by atoms with van der Waals surface area (Å²) in [6.07, 6.45) is 4.83. The number of hydrogen-bond donors (Lipinski definition) is 0. The zero-order valence-corrected chi connectivity index (χ0v) is 20.4. The highest BCUT2D eigenvalue weighted by molar-refractivity contribution is 7.17. The Morgan fingerprint density at radius 3 is 2.61 bits per heavy atom. The summed E-state index contributed by atoms with van der Waals surface area (Å²) in [7, 11) is 3.01. The number of benzene rings is 1. The Kier molecular flexibility index (Phi) is 6.31. The summed E-state index contributed by atoms with van der Waals surface area (Å²) < 4.78 is 17.1. The van der Waals surface area contributed by atoms with Crippen LogP contribution in [0, 0.1) is 10.1 Å². The maximum Gasteiger partial charge on any atom is 0.348 e. The van der Waals surface area contributed by atoms with E-state index in [1.807, 2.05) is 16.9 Å². The molecule has 1 saturated carbocycles. The first kappa shape index (κ1) is 23.7. The minimum Gasteiger partial charge on any atom is -0.465 e. The number of ether oxygens (including phenoxy) is 3. The van der Waals surface area contributed by atoms with Gasteiger partial charge in [-0.05, 0) is 37.8 Å². The third kappa shape index (κ3) is 4.37. The molecule has 0 bridgehead atoms. The number of methoxy groups -OCH3 is 1. The molecule has 3 aromatic rings. The molecule has 1 aliphatic carbocycles. The summed E-state index contributed by atoms with van der Waals surface area (Å²) in [6, 6.07) is 6.20. The van der Waals surface area contributed by atoms with Crippen molar-refractivity contribution in [2.75, 3.05) is 21.0 Å². The number of aromatic nitrogens is 3. The van der Waals surface area contributed by atoms with Crippen LogP contribution in [0.15, 0.2) is 30.5 Å².